The molecule has 2 fully saturated rings. The van der Waals surface area contributed by atoms with Crippen LogP contribution in [0.2, 0.25) is 0 Å². The smallest absolute Gasteiger partial charge is 0.310 e. The predicted octanol–water partition coefficient (Wildman–Crippen LogP) is 7.66. The summed E-state index contributed by atoms with van der Waals surface area (Å²) in [6, 6.07) is 9.19. The van der Waals surface area contributed by atoms with Crippen LogP contribution < -0.4 is 11.1 Å². The number of unbranched alkanes of at least 4 members (excludes halogenated alkanes) is 1. The second kappa shape index (κ2) is 19.2. The lowest BCUT2D eigenvalue weighted by Crippen LogP contribution is -2.21. The summed E-state index contributed by atoms with van der Waals surface area (Å²) in [7, 11) is 0. The predicted molar refractivity (Wildman–Crippen MR) is 167 cm³/mol. The number of aliphatic carboxylic acids is 1. The van der Waals surface area contributed by atoms with Crippen molar-refractivity contribution in [3.8, 4) is 0 Å². The highest BCUT2D eigenvalue weighted by Gasteiger charge is 2.27. The average molecular weight is 550 g/mol. The van der Waals surface area contributed by atoms with Crippen molar-refractivity contribution in [2.45, 2.75) is 90.9 Å². The fourth-order valence-electron chi connectivity index (χ4n) is 4.66. The fraction of sp³-hybridized carbons (Fsp3) is 0.529. The Hall–Kier alpha value is -2.96. The van der Waals surface area contributed by atoms with E-state index in [0.717, 1.165) is 36.6 Å². The minimum atomic E-state index is -0.781. The van der Waals surface area contributed by atoms with Crippen molar-refractivity contribution >= 4 is 11.7 Å². The maximum absolute atomic E-state index is 10.5. The first-order valence-corrected chi connectivity index (χ1v) is 14.9. The van der Waals surface area contributed by atoms with Gasteiger partial charge in [0.25, 0.3) is 0 Å². The highest BCUT2D eigenvalue weighted by atomic mass is 16.6. The molecule has 0 bridgehead atoms. The van der Waals surface area contributed by atoms with Gasteiger partial charge < -0.3 is 21.0 Å². The van der Waals surface area contributed by atoms with Gasteiger partial charge in [0.1, 0.15) is 5.76 Å². The van der Waals surface area contributed by atoms with Crippen molar-refractivity contribution < 1.29 is 14.7 Å². The summed E-state index contributed by atoms with van der Waals surface area (Å²) in [4.78, 5) is 15.6. The number of carboxylic acids is 1. The molecule has 40 heavy (non-hydrogen) atoms. The Morgan fingerprint density at radius 3 is 2.42 bits per heavy atom. The third kappa shape index (κ3) is 13.9. The Morgan fingerprint density at radius 1 is 1.18 bits per heavy atom. The number of oxime groups is 1. The van der Waals surface area contributed by atoms with E-state index >= 15 is 0 Å². The highest BCUT2D eigenvalue weighted by molar-refractivity contribution is 5.98. The summed E-state index contributed by atoms with van der Waals surface area (Å²) in [6.07, 6.45) is 19.4. The normalized spacial score (nSPS) is 20.1. The molecule has 0 amide bonds. The van der Waals surface area contributed by atoms with E-state index in [4.69, 9.17) is 15.7 Å². The molecule has 6 heteroatoms. The minimum absolute atomic E-state index is 0.406. The van der Waals surface area contributed by atoms with E-state index in [1.54, 1.807) is 25.0 Å². The lowest BCUT2D eigenvalue weighted by molar-refractivity contribution is -0.138. The van der Waals surface area contributed by atoms with Crippen LogP contribution in [0.4, 0.5) is 0 Å². The Kier molecular flexibility index (Phi) is 15.9. The maximum atomic E-state index is 10.5. The standard InChI is InChI=1S/C20H30N2O.C9H10O2.C5H11N/c1-15(2)23-22-16(3)18-10-8-17(9-11-18)6-4-5-7-19-14-20(19)12-13-21;1-7(9(10)11)8-5-3-2-4-6-8;1-2-4-6-5-3-1/h7-8,10,20H,1,4-6,9,11-14,21H2,2-3H3;2-7H,1H3,(H,10,11);6H,1-5H2/b19-7?,22-16+;;. The zero-order valence-electron chi connectivity index (χ0n) is 25.0. The summed E-state index contributed by atoms with van der Waals surface area (Å²) >= 11 is 0. The van der Waals surface area contributed by atoms with Crippen molar-refractivity contribution in [3.63, 3.8) is 0 Å². The van der Waals surface area contributed by atoms with E-state index in [0.29, 0.717) is 5.76 Å². The summed E-state index contributed by atoms with van der Waals surface area (Å²) in [5.41, 5.74) is 11.8. The summed E-state index contributed by atoms with van der Waals surface area (Å²) < 4.78 is 0. The van der Waals surface area contributed by atoms with Crippen LogP contribution >= 0.6 is 0 Å². The molecule has 3 aliphatic rings. The fourth-order valence-corrected chi connectivity index (χ4v) is 4.66. The number of carboxylic acid groups (broad SMARTS) is 1. The Bertz CT molecular complexity index is 1020. The first kappa shape index (κ1) is 33.2. The lowest BCUT2D eigenvalue weighted by atomic mass is 9.93. The second-order valence-corrected chi connectivity index (χ2v) is 10.9. The molecule has 1 aliphatic heterocycles. The van der Waals surface area contributed by atoms with E-state index in [1.807, 2.05) is 37.3 Å². The summed E-state index contributed by atoms with van der Waals surface area (Å²) in [5, 5.41) is 16.0. The van der Waals surface area contributed by atoms with Gasteiger partial charge in [-0.15, -0.1) is 0 Å². The van der Waals surface area contributed by atoms with Gasteiger partial charge in [-0.2, -0.15) is 0 Å². The van der Waals surface area contributed by atoms with Crippen LogP contribution in [0.3, 0.4) is 0 Å². The number of piperidine rings is 1. The van der Waals surface area contributed by atoms with Gasteiger partial charge >= 0.3 is 5.97 Å². The molecule has 1 heterocycles. The Balaban J connectivity index is 0.000000269. The Labute approximate surface area is 242 Å². The molecular formula is C34H51N3O3. The van der Waals surface area contributed by atoms with Crippen LogP contribution in [0.1, 0.15) is 96.5 Å². The average Bonchev–Trinajstić information content (AvgIpc) is 3.73. The van der Waals surface area contributed by atoms with Gasteiger partial charge in [0, 0.05) is 0 Å². The van der Waals surface area contributed by atoms with Gasteiger partial charge in [-0.05, 0) is 115 Å². The minimum Gasteiger partial charge on any atom is -0.481 e. The monoisotopic (exact) mass is 549 g/mol. The number of hydrogen-bond acceptors (Lipinski definition) is 5. The van der Waals surface area contributed by atoms with E-state index in [9.17, 15) is 4.79 Å². The lowest BCUT2D eigenvalue weighted by Gasteiger charge is -2.14. The molecule has 4 N–H and O–H groups in total. The van der Waals surface area contributed by atoms with E-state index in [1.165, 1.54) is 70.0 Å². The molecule has 2 aliphatic carbocycles. The molecule has 1 saturated carbocycles. The van der Waals surface area contributed by atoms with Crippen molar-refractivity contribution in [1.29, 1.82) is 0 Å². The van der Waals surface area contributed by atoms with Gasteiger partial charge in [-0.25, -0.2) is 0 Å². The van der Waals surface area contributed by atoms with Crippen LogP contribution in [-0.4, -0.2) is 36.4 Å². The van der Waals surface area contributed by atoms with Gasteiger partial charge in [0.15, 0.2) is 0 Å². The van der Waals surface area contributed by atoms with E-state index in [2.05, 4.69) is 35.3 Å². The molecule has 1 saturated heterocycles. The molecular weight excluding hydrogens is 498 g/mol. The molecule has 0 spiro atoms. The number of hydrogen-bond donors (Lipinski definition) is 3. The molecule has 0 radical (unpaired) electrons. The second-order valence-electron chi connectivity index (χ2n) is 10.9. The number of nitrogens with zero attached hydrogens (tertiary/aromatic N) is 1. The first-order valence-electron chi connectivity index (χ1n) is 14.9. The topological polar surface area (TPSA) is 96.9 Å². The van der Waals surface area contributed by atoms with E-state index < -0.39 is 11.9 Å². The van der Waals surface area contributed by atoms with Gasteiger partial charge in [-0.3, -0.25) is 4.79 Å². The third-order valence-electron chi connectivity index (χ3n) is 7.39. The number of allylic oxidation sites excluding steroid dienone is 7. The van der Waals surface area contributed by atoms with Crippen LogP contribution in [0.15, 0.2) is 82.8 Å². The molecule has 2 unspecified atom stereocenters. The summed E-state index contributed by atoms with van der Waals surface area (Å²) in [5.74, 6) is 0.242. The van der Waals surface area contributed by atoms with E-state index in [-0.39, 0.29) is 0 Å². The van der Waals surface area contributed by atoms with Gasteiger partial charge in [0.2, 0.25) is 0 Å². The van der Waals surface area contributed by atoms with Crippen LogP contribution in [0, 0.1) is 5.92 Å². The summed E-state index contributed by atoms with van der Waals surface area (Å²) in [6.45, 7) is 12.5. The van der Waals surface area contributed by atoms with Crippen molar-refractivity contribution in [2.75, 3.05) is 19.6 Å². The molecule has 1 aromatic carbocycles. The van der Waals surface area contributed by atoms with Crippen LogP contribution in [0.25, 0.3) is 0 Å². The van der Waals surface area contributed by atoms with Gasteiger partial charge in [-0.1, -0.05) is 77.9 Å². The van der Waals surface area contributed by atoms with Crippen LogP contribution in [-0.2, 0) is 9.63 Å². The van der Waals surface area contributed by atoms with Crippen molar-refractivity contribution in [2.24, 2.45) is 16.8 Å². The molecule has 220 valence electrons. The number of carbonyl (C=O) groups is 1. The highest BCUT2D eigenvalue weighted by Crippen LogP contribution is 2.40. The van der Waals surface area contributed by atoms with Crippen LogP contribution in [0.5, 0.6) is 0 Å². The quantitative estimate of drug-likeness (QED) is 0.0865. The van der Waals surface area contributed by atoms with Gasteiger partial charge in [0.05, 0.1) is 11.6 Å². The largest absolute Gasteiger partial charge is 0.481 e. The SMILES string of the molecule is C1CCNCC1.C=C(C)O/N=C(\C)C1=CC=C(CCCC=C2CC2CCN)CC1.CC(C(=O)O)c1ccccc1. The number of benzene rings is 1. The van der Waals surface area contributed by atoms with Crippen molar-refractivity contribution in [1.82, 2.24) is 5.32 Å². The first-order chi connectivity index (χ1) is 19.3. The molecule has 1 aromatic rings. The molecule has 0 aromatic heterocycles. The number of rotatable bonds is 11. The zero-order chi connectivity index (χ0) is 29.2. The zero-order valence-corrected chi connectivity index (χ0v) is 25.0. The molecule has 4 rings (SSSR count). The third-order valence-corrected chi connectivity index (χ3v) is 7.39. The van der Waals surface area contributed by atoms with Crippen molar-refractivity contribution in [3.05, 3.63) is 83.2 Å². The Morgan fingerprint density at radius 2 is 1.90 bits per heavy atom. The molecule has 6 nitrogen and oxygen atoms in total. The maximum Gasteiger partial charge on any atom is 0.310 e. The molecule has 2 atom stereocenters. The number of nitrogens with two attached hydrogens (primary N) is 1. The number of nitrogens with one attached hydrogen (secondary N) is 1.